The van der Waals surface area contributed by atoms with Gasteiger partial charge in [-0.15, -0.1) is 0 Å². The van der Waals surface area contributed by atoms with Gasteiger partial charge < -0.3 is 14.8 Å². The smallest absolute Gasteiger partial charge is 0.397 e. The van der Waals surface area contributed by atoms with Crippen molar-refractivity contribution in [3.05, 3.63) is 18.3 Å². The SMILES string of the molecule is COc1cc2ncc(NC3CCC(OS(=O)(=O)O)CC3)nc2cc1OC. The van der Waals surface area contributed by atoms with E-state index < -0.39 is 16.5 Å². The second-order valence-corrected chi connectivity index (χ2v) is 7.14. The lowest BCUT2D eigenvalue weighted by Crippen LogP contribution is -2.31. The highest BCUT2D eigenvalue weighted by Gasteiger charge is 2.25. The molecular formula is C16H21N3O6S. The molecule has 0 atom stereocenters. The first-order chi connectivity index (χ1) is 12.4. The van der Waals surface area contributed by atoms with Crippen LogP contribution in [0.15, 0.2) is 18.3 Å². The lowest BCUT2D eigenvalue weighted by molar-refractivity contribution is 0.138. The minimum absolute atomic E-state index is 0.128. The Labute approximate surface area is 151 Å². The molecule has 0 unspecified atom stereocenters. The van der Waals surface area contributed by atoms with Gasteiger partial charge in [0.15, 0.2) is 11.5 Å². The molecule has 2 aromatic rings. The van der Waals surface area contributed by atoms with Crippen molar-refractivity contribution in [1.82, 2.24) is 9.97 Å². The van der Waals surface area contributed by atoms with Gasteiger partial charge in [-0.05, 0) is 25.7 Å². The van der Waals surface area contributed by atoms with Crippen molar-refractivity contribution in [1.29, 1.82) is 0 Å². The molecule has 1 saturated carbocycles. The Bertz CT molecular complexity index is 881. The molecule has 1 aromatic heterocycles. The zero-order valence-electron chi connectivity index (χ0n) is 14.5. The molecule has 9 nitrogen and oxygen atoms in total. The monoisotopic (exact) mass is 383 g/mol. The van der Waals surface area contributed by atoms with Gasteiger partial charge in [-0.25, -0.2) is 9.17 Å². The third kappa shape index (κ3) is 4.51. The summed E-state index contributed by atoms with van der Waals surface area (Å²) in [5, 5.41) is 3.31. The molecule has 0 saturated heterocycles. The number of hydrogen-bond acceptors (Lipinski definition) is 8. The average molecular weight is 383 g/mol. The topological polar surface area (TPSA) is 120 Å². The Morgan fingerprint density at radius 3 is 2.27 bits per heavy atom. The van der Waals surface area contributed by atoms with Gasteiger partial charge in [-0.1, -0.05) is 0 Å². The molecule has 1 fully saturated rings. The van der Waals surface area contributed by atoms with Gasteiger partial charge in [0, 0.05) is 18.2 Å². The fraction of sp³-hybridized carbons (Fsp3) is 0.500. The normalized spacial score (nSPS) is 20.7. The van der Waals surface area contributed by atoms with Crippen LogP contribution >= 0.6 is 0 Å². The third-order valence-corrected chi connectivity index (χ3v) is 4.85. The van der Waals surface area contributed by atoms with Crippen molar-refractivity contribution < 1.29 is 26.6 Å². The molecule has 1 aliphatic carbocycles. The van der Waals surface area contributed by atoms with E-state index in [9.17, 15) is 8.42 Å². The maximum atomic E-state index is 10.8. The van der Waals surface area contributed by atoms with Crippen molar-refractivity contribution in [3.8, 4) is 11.5 Å². The second-order valence-electron chi connectivity index (χ2n) is 6.09. The summed E-state index contributed by atoms with van der Waals surface area (Å²) in [5.74, 6) is 1.80. The van der Waals surface area contributed by atoms with E-state index in [1.54, 1.807) is 32.5 Å². The minimum Gasteiger partial charge on any atom is -0.493 e. The molecule has 1 aliphatic rings. The summed E-state index contributed by atoms with van der Waals surface area (Å²) in [6.45, 7) is 0. The number of anilines is 1. The number of fused-ring (bicyclic) bond motifs is 1. The van der Waals surface area contributed by atoms with E-state index in [1.165, 1.54) is 0 Å². The summed E-state index contributed by atoms with van der Waals surface area (Å²) in [5.41, 5.74) is 1.37. The summed E-state index contributed by atoms with van der Waals surface area (Å²) in [6, 6.07) is 3.66. The maximum Gasteiger partial charge on any atom is 0.397 e. The average Bonchev–Trinajstić information content (AvgIpc) is 2.61. The minimum atomic E-state index is -4.40. The Morgan fingerprint density at radius 1 is 1.08 bits per heavy atom. The van der Waals surface area contributed by atoms with Gasteiger partial charge >= 0.3 is 10.4 Å². The van der Waals surface area contributed by atoms with E-state index in [0.29, 0.717) is 54.0 Å². The standard InChI is InChI=1S/C16H21N3O6S/c1-23-14-7-12-13(8-15(14)24-2)19-16(9-17-12)18-10-3-5-11(6-4-10)25-26(20,21)22/h7-11H,3-6H2,1-2H3,(H,18,19)(H,20,21,22). The lowest BCUT2D eigenvalue weighted by atomic mass is 9.93. The van der Waals surface area contributed by atoms with Crippen molar-refractivity contribution in [2.75, 3.05) is 19.5 Å². The first kappa shape index (κ1) is 18.6. The predicted octanol–water partition coefficient (Wildman–Crippen LogP) is 2.19. The molecule has 1 aromatic carbocycles. The molecule has 0 spiro atoms. The molecule has 10 heteroatoms. The largest absolute Gasteiger partial charge is 0.493 e. The van der Waals surface area contributed by atoms with Gasteiger partial charge in [0.1, 0.15) is 5.82 Å². The number of benzene rings is 1. The lowest BCUT2D eigenvalue weighted by Gasteiger charge is -2.28. The van der Waals surface area contributed by atoms with E-state index in [4.69, 9.17) is 14.0 Å². The Morgan fingerprint density at radius 2 is 1.69 bits per heavy atom. The highest BCUT2D eigenvalue weighted by atomic mass is 32.3. The Hall–Kier alpha value is -2.17. The third-order valence-electron chi connectivity index (χ3n) is 4.33. The van der Waals surface area contributed by atoms with E-state index in [0.717, 1.165) is 0 Å². The number of rotatable bonds is 6. The van der Waals surface area contributed by atoms with Crippen LogP contribution in [0.2, 0.25) is 0 Å². The molecule has 0 bridgehead atoms. The van der Waals surface area contributed by atoms with Gasteiger partial charge in [-0.2, -0.15) is 8.42 Å². The number of hydrogen-bond donors (Lipinski definition) is 2. The zero-order chi connectivity index (χ0) is 18.7. The molecule has 1 heterocycles. The summed E-state index contributed by atoms with van der Waals surface area (Å²) in [6.07, 6.45) is 3.63. The maximum absolute atomic E-state index is 10.8. The first-order valence-electron chi connectivity index (χ1n) is 8.19. The fourth-order valence-electron chi connectivity index (χ4n) is 3.09. The summed E-state index contributed by atoms with van der Waals surface area (Å²) in [7, 11) is -1.28. The molecule has 26 heavy (non-hydrogen) atoms. The fourth-order valence-corrected chi connectivity index (χ4v) is 3.63. The molecule has 0 radical (unpaired) electrons. The van der Waals surface area contributed by atoms with Crippen LogP contribution in [0.5, 0.6) is 11.5 Å². The van der Waals surface area contributed by atoms with Crippen LogP contribution < -0.4 is 14.8 Å². The van der Waals surface area contributed by atoms with Gasteiger partial charge in [0.2, 0.25) is 0 Å². The molecule has 0 amide bonds. The molecular weight excluding hydrogens is 362 g/mol. The Balaban J connectivity index is 1.68. The molecule has 3 rings (SSSR count). The molecule has 0 aliphatic heterocycles. The Kier molecular flexibility index (Phi) is 5.44. The van der Waals surface area contributed by atoms with Gasteiger partial charge in [0.25, 0.3) is 0 Å². The van der Waals surface area contributed by atoms with Crippen LogP contribution in [-0.2, 0) is 14.6 Å². The van der Waals surface area contributed by atoms with Crippen LogP contribution in [0.1, 0.15) is 25.7 Å². The van der Waals surface area contributed by atoms with Crippen LogP contribution in [0.25, 0.3) is 11.0 Å². The number of aromatic nitrogens is 2. The summed E-state index contributed by atoms with van der Waals surface area (Å²) >= 11 is 0. The number of methoxy groups -OCH3 is 2. The number of ether oxygens (including phenoxy) is 2. The van der Waals surface area contributed by atoms with Crippen molar-refractivity contribution in [2.45, 2.75) is 37.8 Å². The van der Waals surface area contributed by atoms with Crippen LogP contribution in [-0.4, -0.2) is 49.3 Å². The number of nitrogens with zero attached hydrogens (tertiary/aromatic N) is 2. The summed E-state index contributed by atoms with van der Waals surface area (Å²) < 4.78 is 45.5. The van der Waals surface area contributed by atoms with Gasteiger partial charge in [0.05, 0.1) is 37.6 Å². The van der Waals surface area contributed by atoms with Crippen LogP contribution in [0, 0.1) is 0 Å². The quantitative estimate of drug-likeness (QED) is 0.723. The van der Waals surface area contributed by atoms with Crippen molar-refractivity contribution >= 4 is 27.3 Å². The van der Waals surface area contributed by atoms with Gasteiger partial charge in [-0.3, -0.25) is 9.54 Å². The van der Waals surface area contributed by atoms with E-state index in [1.807, 2.05) is 0 Å². The first-order valence-corrected chi connectivity index (χ1v) is 9.55. The van der Waals surface area contributed by atoms with Crippen molar-refractivity contribution in [3.63, 3.8) is 0 Å². The predicted molar refractivity (Wildman–Crippen MR) is 94.9 cm³/mol. The highest BCUT2D eigenvalue weighted by molar-refractivity contribution is 7.80. The highest BCUT2D eigenvalue weighted by Crippen LogP contribution is 2.31. The van der Waals surface area contributed by atoms with Crippen molar-refractivity contribution in [2.24, 2.45) is 0 Å². The van der Waals surface area contributed by atoms with Crippen LogP contribution in [0.4, 0.5) is 5.82 Å². The zero-order valence-corrected chi connectivity index (χ0v) is 15.3. The second kappa shape index (κ2) is 7.60. The van der Waals surface area contributed by atoms with E-state index in [2.05, 4.69) is 19.5 Å². The van der Waals surface area contributed by atoms with Crippen LogP contribution in [0.3, 0.4) is 0 Å². The van der Waals surface area contributed by atoms with E-state index in [-0.39, 0.29) is 6.04 Å². The molecule has 2 N–H and O–H groups in total. The van der Waals surface area contributed by atoms with E-state index >= 15 is 0 Å². The number of nitrogens with one attached hydrogen (secondary N) is 1. The summed E-state index contributed by atoms with van der Waals surface area (Å²) in [4.78, 5) is 8.95. The molecule has 142 valence electrons.